The highest BCUT2D eigenvalue weighted by atomic mass is 16.3. The Hall–Kier alpha value is -1.55. The second-order valence-corrected chi connectivity index (χ2v) is 5.33. The summed E-state index contributed by atoms with van der Waals surface area (Å²) in [7, 11) is 1.63. The van der Waals surface area contributed by atoms with Gasteiger partial charge in [-0.05, 0) is 37.5 Å². The van der Waals surface area contributed by atoms with Crippen LogP contribution in [0.1, 0.15) is 42.6 Å². The summed E-state index contributed by atoms with van der Waals surface area (Å²) in [6.45, 7) is 7.06. The van der Waals surface area contributed by atoms with Gasteiger partial charge in [0.05, 0.1) is 6.61 Å². The average Bonchev–Trinajstić information content (AvgIpc) is 2.50. The number of anilines is 1. The number of amides is 1. The van der Waals surface area contributed by atoms with Crippen LogP contribution in [0.3, 0.4) is 0 Å². The van der Waals surface area contributed by atoms with Gasteiger partial charge in [-0.25, -0.2) is 0 Å². The van der Waals surface area contributed by atoms with Gasteiger partial charge in [-0.2, -0.15) is 0 Å². The molecule has 1 aromatic rings. The first-order valence-electron chi connectivity index (χ1n) is 7.19. The van der Waals surface area contributed by atoms with Gasteiger partial charge < -0.3 is 15.7 Å². The number of aliphatic hydroxyl groups is 1. The predicted octanol–water partition coefficient (Wildman–Crippen LogP) is 2.57. The van der Waals surface area contributed by atoms with E-state index in [0.717, 1.165) is 24.1 Å². The number of aliphatic hydroxyl groups excluding tert-OH is 1. The van der Waals surface area contributed by atoms with E-state index in [1.165, 1.54) is 0 Å². The zero-order valence-electron chi connectivity index (χ0n) is 12.9. The summed E-state index contributed by atoms with van der Waals surface area (Å²) >= 11 is 0. The van der Waals surface area contributed by atoms with E-state index in [0.29, 0.717) is 12.1 Å². The van der Waals surface area contributed by atoms with Crippen LogP contribution in [-0.2, 0) is 0 Å². The van der Waals surface area contributed by atoms with Gasteiger partial charge in [-0.15, -0.1) is 0 Å². The van der Waals surface area contributed by atoms with Crippen LogP contribution in [-0.4, -0.2) is 31.2 Å². The Bertz CT molecular complexity index is 446. The molecule has 112 valence electrons. The summed E-state index contributed by atoms with van der Waals surface area (Å²) in [4.78, 5) is 11.7. The zero-order chi connectivity index (χ0) is 15.2. The molecule has 20 heavy (non-hydrogen) atoms. The van der Waals surface area contributed by atoms with E-state index >= 15 is 0 Å². The third kappa shape index (κ3) is 3.73. The first-order valence-corrected chi connectivity index (χ1v) is 7.19. The number of nitrogens with one attached hydrogen (secondary N) is 2. The van der Waals surface area contributed by atoms with Crippen LogP contribution in [0, 0.1) is 12.3 Å². The maximum Gasteiger partial charge on any atom is 0.251 e. The summed E-state index contributed by atoms with van der Waals surface area (Å²) in [5.41, 5.74) is 2.58. The Labute approximate surface area is 121 Å². The monoisotopic (exact) mass is 278 g/mol. The van der Waals surface area contributed by atoms with Crippen molar-refractivity contribution in [3.8, 4) is 0 Å². The molecule has 1 aromatic carbocycles. The van der Waals surface area contributed by atoms with Crippen LogP contribution in [0.2, 0.25) is 0 Å². The Morgan fingerprint density at radius 3 is 2.45 bits per heavy atom. The lowest BCUT2D eigenvalue weighted by Gasteiger charge is -2.30. The number of carbonyl (C=O) groups excluding carboxylic acids is 1. The molecule has 4 heteroatoms. The minimum absolute atomic E-state index is 0.0903. The molecule has 0 saturated carbocycles. The van der Waals surface area contributed by atoms with Crippen LogP contribution in [0.4, 0.5) is 5.69 Å². The molecule has 0 saturated heterocycles. The van der Waals surface area contributed by atoms with Gasteiger partial charge in [-0.3, -0.25) is 4.79 Å². The number of hydrogen-bond donors (Lipinski definition) is 3. The van der Waals surface area contributed by atoms with Crippen molar-refractivity contribution in [3.63, 3.8) is 0 Å². The van der Waals surface area contributed by atoms with Crippen molar-refractivity contribution in [2.45, 2.75) is 33.6 Å². The Balaban J connectivity index is 2.89. The molecule has 0 radical (unpaired) electrons. The predicted molar refractivity (Wildman–Crippen MR) is 83.2 cm³/mol. The lowest BCUT2D eigenvalue weighted by atomic mass is 9.83. The van der Waals surface area contributed by atoms with Crippen molar-refractivity contribution >= 4 is 11.6 Å². The van der Waals surface area contributed by atoms with Gasteiger partial charge in [0.15, 0.2) is 0 Å². The second kappa shape index (κ2) is 7.29. The van der Waals surface area contributed by atoms with Gasteiger partial charge in [0.1, 0.15) is 0 Å². The van der Waals surface area contributed by atoms with E-state index in [-0.39, 0.29) is 17.9 Å². The van der Waals surface area contributed by atoms with E-state index in [1.54, 1.807) is 7.05 Å². The summed E-state index contributed by atoms with van der Waals surface area (Å²) in [6, 6.07) is 5.62. The highest BCUT2D eigenvalue weighted by Crippen LogP contribution is 2.27. The van der Waals surface area contributed by atoms with E-state index in [2.05, 4.69) is 24.5 Å². The number of hydrogen-bond acceptors (Lipinski definition) is 3. The summed E-state index contributed by atoms with van der Waals surface area (Å²) in [5.74, 6) is -0.0903. The first kappa shape index (κ1) is 16.5. The lowest BCUT2D eigenvalue weighted by molar-refractivity contribution is 0.0963. The molecule has 0 atom stereocenters. The zero-order valence-corrected chi connectivity index (χ0v) is 12.9. The van der Waals surface area contributed by atoms with Gasteiger partial charge in [-0.1, -0.05) is 19.9 Å². The molecule has 0 spiro atoms. The molecule has 0 bridgehead atoms. The minimum atomic E-state index is -0.102. The topological polar surface area (TPSA) is 61.4 Å². The van der Waals surface area contributed by atoms with Gasteiger partial charge in [0.2, 0.25) is 0 Å². The minimum Gasteiger partial charge on any atom is -0.396 e. The maximum absolute atomic E-state index is 11.7. The maximum atomic E-state index is 11.7. The third-order valence-corrected chi connectivity index (χ3v) is 4.22. The summed E-state index contributed by atoms with van der Waals surface area (Å²) < 4.78 is 0. The molecule has 0 aliphatic heterocycles. The van der Waals surface area contributed by atoms with Gasteiger partial charge in [0.25, 0.3) is 5.91 Å². The van der Waals surface area contributed by atoms with E-state index in [1.807, 2.05) is 25.1 Å². The van der Waals surface area contributed by atoms with Crippen LogP contribution in [0.15, 0.2) is 18.2 Å². The Morgan fingerprint density at radius 2 is 1.95 bits per heavy atom. The van der Waals surface area contributed by atoms with Crippen molar-refractivity contribution in [2.75, 3.05) is 25.5 Å². The van der Waals surface area contributed by atoms with Gasteiger partial charge >= 0.3 is 0 Å². The van der Waals surface area contributed by atoms with Crippen molar-refractivity contribution in [2.24, 2.45) is 5.41 Å². The van der Waals surface area contributed by atoms with Crippen LogP contribution in [0.5, 0.6) is 0 Å². The van der Waals surface area contributed by atoms with Crippen molar-refractivity contribution < 1.29 is 9.90 Å². The van der Waals surface area contributed by atoms with Gasteiger partial charge in [0, 0.05) is 30.3 Å². The Morgan fingerprint density at radius 1 is 1.30 bits per heavy atom. The Kier molecular flexibility index (Phi) is 6.02. The number of benzene rings is 1. The molecule has 0 aliphatic rings. The fraction of sp³-hybridized carbons (Fsp3) is 0.562. The van der Waals surface area contributed by atoms with Crippen LogP contribution < -0.4 is 10.6 Å². The van der Waals surface area contributed by atoms with E-state index in [4.69, 9.17) is 0 Å². The lowest BCUT2D eigenvalue weighted by Crippen LogP contribution is -2.32. The highest BCUT2D eigenvalue weighted by Gasteiger charge is 2.25. The van der Waals surface area contributed by atoms with E-state index in [9.17, 15) is 9.90 Å². The average molecular weight is 278 g/mol. The SMILES string of the molecule is CCC(CC)(CO)CNc1cc(C(=O)NC)ccc1C. The van der Waals surface area contributed by atoms with Crippen molar-refractivity contribution in [1.82, 2.24) is 5.32 Å². The molecular formula is C16H26N2O2. The molecule has 1 rings (SSSR count). The third-order valence-electron chi connectivity index (χ3n) is 4.22. The quantitative estimate of drug-likeness (QED) is 0.718. The van der Waals surface area contributed by atoms with E-state index < -0.39 is 0 Å². The first-order chi connectivity index (χ1) is 9.51. The standard InChI is InChI=1S/C16H26N2O2/c1-5-16(6-2,11-19)10-18-14-9-13(15(20)17-4)8-7-12(14)3/h7-9,18-19H,5-6,10-11H2,1-4H3,(H,17,20). The fourth-order valence-electron chi connectivity index (χ4n) is 2.16. The highest BCUT2D eigenvalue weighted by molar-refractivity contribution is 5.95. The molecule has 1 amide bonds. The molecule has 3 N–H and O–H groups in total. The normalized spacial score (nSPS) is 11.2. The van der Waals surface area contributed by atoms with Crippen molar-refractivity contribution in [3.05, 3.63) is 29.3 Å². The molecule has 0 fully saturated rings. The number of carbonyl (C=O) groups is 1. The molecule has 0 unspecified atom stereocenters. The largest absolute Gasteiger partial charge is 0.396 e. The molecule has 0 heterocycles. The summed E-state index contributed by atoms with van der Waals surface area (Å²) in [6.07, 6.45) is 1.84. The molecule has 0 aromatic heterocycles. The second-order valence-electron chi connectivity index (χ2n) is 5.33. The molecule has 4 nitrogen and oxygen atoms in total. The smallest absolute Gasteiger partial charge is 0.251 e. The fourth-order valence-corrected chi connectivity index (χ4v) is 2.16. The molecular weight excluding hydrogens is 252 g/mol. The number of rotatable bonds is 7. The molecule has 0 aliphatic carbocycles. The number of aryl methyl sites for hydroxylation is 1. The van der Waals surface area contributed by atoms with Crippen molar-refractivity contribution in [1.29, 1.82) is 0 Å². The van der Waals surface area contributed by atoms with Crippen LogP contribution >= 0.6 is 0 Å². The summed E-state index contributed by atoms with van der Waals surface area (Å²) in [5, 5.41) is 15.6. The van der Waals surface area contributed by atoms with Crippen LogP contribution in [0.25, 0.3) is 0 Å².